The lowest BCUT2D eigenvalue weighted by molar-refractivity contribution is -0.171. The molecule has 2 aliphatic carbocycles. The third-order valence-corrected chi connectivity index (χ3v) is 6.43. The molecule has 3 aliphatic rings. The molecule has 1 amide bonds. The van der Waals surface area contributed by atoms with Gasteiger partial charge in [0.25, 0.3) is 0 Å². The monoisotopic (exact) mass is 348 g/mol. The van der Waals surface area contributed by atoms with Gasteiger partial charge in [0, 0.05) is 23.6 Å². The van der Waals surface area contributed by atoms with Crippen LogP contribution >= 0.6 is 11.6 Å². The molecular weight excluding hydrogens is 324 g/mol. The fraction of sp³-hybridized carbons (Fsp3) is 0.632. The van der Waals surface area contributed by atoms with Gasteiger partial charge in [-0.2, -0.15) is 0 Å². The fourth-order valence-corrected chi connectivity index (χ4v) is 4.87. The molecule has 1 spiro atoms. The molecule has 0 bridgehead atoms. The van der Waals surface area contributed by atoms with Crippen molar-refractivity contribution in [1.82, 2.24) is 5.32 Å². The summed E-state index contributed by atoms with van der Waals surface area (Å²) in [5, 5.41) is 4.05. The van der Waals surface area contributed by atoms with Crippen LogP contribution in [0.2, 0.25) is 5.02 Å². The van der Waals surface area contributed by atoms with Gasteiger partial charge in [-0.15, -0.1) is 0 Å². The van der Waals surface area contributed by atoms with Crippen molar-refractivity contribution in [3.8, 4) is 0 Å². The van der Waals surface area contributed by atoms with Crippen LogP contribution in [0.25, 0.3) is 0 Å². The Morgan fingerprint density at radius 1 is 1.25 bits per heavy atom. The molecule has 24 heavy (non-hydrogen) atoms. The van der Waals surface area contributed by atoms with Crippen LogP contribution in [0.1, 0.15) is 50.5 Å². The number of carbonyl (C=O) groups is 1. The lowest BCUT2D eigenvalue weighted by atomic mass is 9.65. The smallest absolute Gasteiger partial charge is 0.224 e. The number of benzene rings is 1. The van der Waals surface area contributed by atoms with Crippen molar-refractivity contribution in [2.24, 2.45) is 11.7 Å². The van der Waals surface area contributed by atoms with E-state index in [0.717, 1.165) is 62.1 Å². The summed E-state index contributed by atoms with van der Waals surface area (Å²) in [5.41, 5.74) is 6.71. The Kier molecular flexibility index (Phi) is 4.10. The number of hydrogen-bond donors (Lipinski definition) is 2. The number of halogens is 1. The minimum absolute atomic E-state index is 0.0373. The molecule has 1 unspecified atom stereocenters. The zero-order valence-electron chi connectivity index (χ0n) is 13.9. The highest BCUT2D eigenvalue weighted by atomic mass is 35.5. The first kappa shape index (κ1) is 16.4. The second-order valence-electron chi connectivity index (χ2n) is 7.79. The van der Waals surface area contributed by atoms with Gasteiger partial charge >= 0.3 is 0 Å². The largest absolute Gasteiger partial charge is 0.375 e. The first-order valence-corrected chi connectivity index (χ1v) is 9.36. The van der Waals surface area contributed by atoms with Crippen molar-refractivity contribution in [1.29, 1.82) is 0 Å². The summed E-state index contributed by atoms with van der Waals surface area (Å²) in [7, 11) is 0. The first-order chi connectivity index (χ1) is 11.5. The van der Waals surface area contributed by atoms with Crippen molar-refractivity contribution < 1.29 is 9.53 Å². The molecule has 4 nitrogen and oxygen atoms in total. The number of amides is 1. The van der Waals surface area contributed by atoms with Crippen molar-refractivity contribution in [3.05, 3.63) is 34.9 Å². The maximum absolute atomic E-state index is 12.8. The third kappa shape index (κ3) is 2.75. The maximum atomic E-state index is 12.8. The Labute approximate surface area is 148 Å². The van der Waals surface area contributed by atoms with E-state index in [1.165, 1.54) is 0 Å². The molecular formula is C19H25ClN2O2. The van der Waals surface area contributed by atoms with Gasteiger partial charge in [0.15, 0.2) is 0 Å². The molecule has 1 aromatic carbocycles. The molecule has 4 rings (SSSR count). The van der Waals surface area contributed by atoms with E-state index in [2.05, 4.69) is 5.32 Å². The van der Waals surface area contributed by atoms with E-state index < -0.39 is 0 Å². The highest BCUT2D eigenvalue weighted by Crippen LogP contribution is 2.48. The van der Waals surface area contributed by atoms with Crippen molar-refractivity contribution in [2.45, 2.75) is 62.1 Å². The summed E-state index contributed by atoms with van der Waals surface area (Å²) in [6.45, 7) is 0.721. The minimum atomic E-state index is -0.276. The van der Waals surface area contributed by atoms with Crippen molar-refractivity contribution >= 4 is 17.5 Å². The van der Waals surface area contributed by atoms with E-state index in [4.69, 9.17) is 22.1 Å². The van der Waals surface area contributed by atoms with Crippen LogP contribution in [0, 0.1) is 5.92 Å². The molecule has 5 heteroatoms. The van der Waals surface area contributed by atoms with Gasteiger partial charge in [-0.05, 0) is 56.6 Å². The molecule has 0 aromatic heterocycles. The number of rotatable bonds is 3. The Morgan fingerprint density at radius 2 is 2.00 bits per heavy atom. The minimum Gasteiger partial charge on any atom is -0.375 e. The van der Waals surface area contributed by atoms with Gasteiger partial charge in [-0.1, -0.05) is 29.8 Å². The number of carbonyl (C=O) groups excluding carboxylic acids is 1. The molecule has 1 atom stereocenters. The average Bonchev–Trinajstić information content (AvgIpc) is 2.49. The molecule has 1 heterocycles. The third-order valence-electron chi connectivity index (χ3n) is 6.10. The molecule has 1 aliphatic heterocycles. The summed E-state index contributed by atoms with van der Waals surface area (Å²) in [4.78, 5) is 12.8. The highest BCUT2D eigenvalue weighted by Gasteiger charge is 2.52. The molecule has 3 N–H and O–H groups in total. The van der Waals surface area contributed by atoms with E-state index in [1.54, 1.807) is 0 Å². The second kappa shape index (κ2) is 6.01. The van der Waals surface area contributed by atoms with Gasteiger partial charge in [-0.3, -0.25) is 4.79 Å². The summed E-state index contributed by atoms with van der Waals surface area (Å²) >= 11 is 6.38. The van der Waals surface area contributed by atoms with E-state index in [0.29, 0.717) is 0 Å². The van der Waals surface area contributed by atoms with Crippen molar-refractivity contribution in [3.63, 3.8) is 0 Å². The molecule has 1 saturated heterocycles. The van der Waals surface area contributed by atoms with Gasteiger partial charge < -0.3 is 15.8 Å². The van der Waals surface area contributed by atoms with E-state index in [1.807, 2.05) is 24.3 Å². The van der Waals surface area contributed by atoms with Gasteiger partial charge in [-0.25, -0.2) is 0 Å². The molecule has 3 fully saturated rings. The summed E-state index contributed by atoms with van der Waals surface area (Å²) in [5.74, 6) is 0.179. The highest BCUT2D eigenvalue weighted by molar-refractivity contribution is 6.31. The predicted molar refractivity (Wildman–Crippen MR) is 93.7 cm³/mol. The lowest BCUT2D eigenvalue weighted by Crippen LogP contribution is -2.60. The van der Waals surface area contributed by atoms with Gasteiger partial charge in [0.05, 0.1) is 11.1 Å². The van der Waals surface area contributed by atoms with Crippen LogP contribution in [-0.2, 0) is 15.1 Å². The topological polar surface area (TPSA) is 64.3 Å². The average molecular weight is 349 g/mol. The van der Waals surface area contributed by atoms with Crippen LogP contribution in [0.15, 0.2) is 24.3 Å². The lowest BCUT2D eigenvalue weighted by Gasteiger charge is -2.52. The molecule has 0 radical (unpaired) electrons. The fourth-order valence-electron chi connectivity index (χ4n) is 4.55. The van der Waals surface area contributed by atoms with Crippen LogP contribution in [0.3, 0.4) is 0 Å². The maximum Gasteiger partial charge on any atom is 0.224 e. The SMILES string of the molecule is NC1CCOC2(C1)CC(C(=O)NC1(c3ccccc3Cl)CCC1)C2. The normalized spacial score (nSPS) is 34.2. The van der Waals surface area contributed by atoms with Crippen molar-refractivity contribution in [2.75, 3.05) is 6.61 Å². The number of ether oxygens (including phenoxy) is 1. The predicted octanol–water partition coefficient (Wildman–Crippen LogP) is 3.12. The zero-order valence-corrected chi connectivity index (χ0v) is 14.6. The van der Waals surface area contributed by atoms with Crippen LogP contribution in [0.5, 0.6) is 0 Å². The summed E-state index contributed by atoms with van der Waals surface area (Å²) in [6.07, 6.45) is 6.44. The van der Waals surface area contributed by atoms with E-state index in [9.17, 15) is 4.79 Å². The Balaban J connectivity index is 1.42. The second-order valence-corrected chi connectivity index (χ2v) is 8.20. The summed E-state index contributed by atoms with van der Waals surface area (Å²) < 4.78 is 5.95. The Bertz CT molecular complexity index is 638. The number of nitrogens with two attached hydrogens (primary N) is 1. The number of hydrogen-bond acceptors (Lipinski definition) is 3. The molecule has 1 aromatic rings. The van der Waals surface area contributed by atoms with E-state index in [-0.39, 0.29) is 29.0 Å². The van der Waals surface area contributed by atoms with Crippen LogP contribution in [0.4, 0.5) is 0 Å². The van der Waals surface area contributed by atoms with Crippen LogP contribution in [-0.4, -0.2) is 24.2 Å². The molecule has 130 valence electrons. The quantitative estimate of drug-likeness (QED) is 0.882. The first-order valence-electron chi connectivity index (χ1n) is 8.99. The van der Waals surface area contributed by atoms with Gasteiger partial charge in [0.1, 0.15) is 0 Å². The number of nitrogens with one attached hydrogen (secondary N) is 1. The van der Waals surface area contributed by atoms with Crippen LogP contribution < -0.4 is 11.1 Å². The Hall–Kier alpha value is -1.10. The standard InChI is InChI=1S/C19H25ClN2O2/c20-16-5-2-1-4-15(16)19(7-3-8-19)22-17(23)13-10-18(11-13)12-14(21)6-9-24-18/h1-2,4-5,13-14H,3,6-12,21H2,(H,22,23). The van der Waals surface area contributed by atoms with E-state index >= 15 is 0 Å². The zero-order chi connectivity index (χ0) is 16.8. The van der Waals surface area contributed by atoms with Gasteiger partial charge in [0.2, 0.25) is 5.91 Å². The Morgan fingerprint density at radius 3 is 2.62 bits per heavy atom. The summed E-state index contributed by atoms with van der Waals surface area (Å²) in [6, 6.07) is 8.07. The molecule has 2 saturated carbocycles.